The van der Waals surface area contributed by atoms with Gasteiger partial charge in [0.15, 0.2) is 0 Å². The highest BCUT2D eigenvalue weighted by atomic mass is 16.3. The van der Waals surface area contributed by atoms with E-state index >= 15 is 0 Å². The van der Waals surface area contributed by atoms with Crippen molar-refractivity contribution in [3.63, 3.8) is 0 Å². The third-order valence-electron chi connectivity index (χ3n) is 5.03. The summed E-state index contributed by atoms with van der Waals surface area (Å²) in [5.41, 5.74) is 7.59. The quantitative estimate of drug-likeness (QED) is 0.854. The molecule has 6 nitrogen and oxygen atoms in total. The van der Waals surface area contributed by atoms with Crippen LogP contribution in [0.4, 0.5) is 5.69 Å². The van der Waals surface area contributed by atoms with Crippen molar-refractivity contribution < 1.29 is 14.7 Å². The topological polar surface area (TPSA) is 86.9 Å². The van der Waals surface area contributed by atoms with Crippen molar-refractivity contribution in [2.75, 3.05) is 25.0 Å². The molecule has 0 saturated carbocycles. The van der Waals surface area contributed by atoms with Crippen LogP contribution >= 0.6 is 0 Å². The second-order valence-corrected chi connectivity index (χ2v) is 7.10. The number of likely N-dealkylation sites (tertiary alicyclic amines) is 1. The Morgan fingerprint density at radius 1 is 1.38 bits per heavy atom. The van der Waals surface area contributed by atoms with Crippen LogP contribution in [0.5, 0.6) is 0 Å². The van der Waals surface area contributed by atoms with E-state index in [0.717, 1.165) is 31.6 Å². The number of aliphatic hydroxyl groups is 1. The Labute approximate surface area is 142 Å². The lowest BCUT2D eigenvalue weighted by molar-refractivity contribution is -0.125. The molecule has 2 amide bonds. The SMILES string of the molecule is CN1C(=O)CCc2cc(CN3CCCC(O)(CC(N)=O)C3)ccc21. The molecule has 2 heterocycles. The first-order valence-corrected chi connectivity index (χ1v) is 8.48. The predicted octanol–water partition coefficient (Wildman–Crippen LogP) is 0.798. The molecule has 0 aromatic heterocycles. The van der Waals surface area contributed by atoms with Crippen LogP contribution in [-0.4, -0.2) is 47.6 Å². The van der Waals surface area contributed by atoms with E-state index in [1.165, 1.54) is 11.1 Å². The van der Waals surface area contributed by atoms with Gasteiger partial charge in [0.2, 0.25) is 11.8 Å². The molecule has 130 valence electrons. The maximum absolute atomic E-state index is 11.8. The van der Waals surface area contributed by atoms with Crippen LogP contribution in [0.2, 0.25) is 0 Å². The van der Waals surface area contributed by atoms with Gasteiger partial charge in [0.25, 0.3) is 0 Å². The summed E-state index contributed by atoms with van der Waals surface area (Å²) in [6.07, 6.45) is 2.81. The summed E-state index contributed by atoms with van der Waals surface area (Å²) in [6, 6.07) is 6.19. The van der Waals surface area contributed by atoms with Crippen LogP contribution < -0.4 is 10.6 Å². The highest BCUT2D eigenvalue weighted by Gasteiger charge is 2.34. The highest BCUT2D eigenvalue weighted by molar-refractivity contribution is 5.95. The molecule has 0 bridgehead atoms. The third-order valence-corrected chi connectivity index (χ3v) is 5.03. The minimum absolute atomic E-state index is 0.0145. The van der Waals surface area contributed by atoms with E-state index in [4.69, 9.17) is 5.73 Å². The fourth-order valence-corrected chi connectivity index (χ4v) is 3.88. The number of hydrogen-bond acceptors (Lipinski definition) is 4. The van der Waals surface area contributed by atoms with E-state index in [1.807, 2.05) is 19.2 Å². The molecule has 24 heavy (non-hydrogen) atoms. The predicted molar refractivity (Wildman–Crippen MR) is 91.4 cm³/mol. The van der Waals surface area contributed by atoms with Crippen LogP contribution in [-0.2, 0) is 22.6 Å². The largest absolute Gasteiger partial charge is 0.388 e. The Hall–Kier alpha value is -1.92. The minimum Gasteiger partial charge on any atom is -0.388 e. The lowest BCUT2D eigenvalue weighted by atomic mass is 9.89. The van der Waals surface area contributed by atoms with Crippen molar-refractivity contribution in [2.24, 2.45) is 5.73 Å². The molecule has 1 unspecified atom stereocenters. The maximum Gasteiger partial charge on any atom is 0.227 e. The Bertz CT molecular complexity index is 661. The molecule has 1 aromatic rings. The number of carbonyl (C=O) groups excluding carboxylic acids is 2. The Kier molecular flexibility index (Phi) is 4.60. The summed E-state index contributed by atoms with van der Waals surface area (Å²) >= 11 is 0. The molecule has 2 aliphatic rings. The first-order chi connectivity index (χ1) is 11.4. The number of carbonyl (C=O) groups is 2. The van der Waals surface area contributed by atoms with Gasteiger partial charge in [-0.25, -0.2) is 0 Å². The fraction of sp³-hybridized carbons (Fsp3) is 0.556. The van der Waals surface area contributed by atoms with Gasteiger partial charge in [-0.3, -0.25) is 14.5 Å². The molecule has 6 heteroatoms. The molecule has 0 spiro atoms. The van der Waals surface area contributed by atoms with Crippen LogP contribution in [0.25, 0.3) is 0 Å². The smallest absolute Gasteiger partial charge is 0.227 e. The average molecular weight is 331 g/mol. The summed E-state index contributed by atoms with van der Waals surface area (Å²) in [4.78, 5) is 26.8. The van der Waals surface area contributed by atoms with E-state index < -0.39 is 11.5 Å². The Balaban J connectivity index is 1.70. The van der Waals surface area contributed by atoms with Crippen molar-refractivity contribution in [2.45, 2.75) is 44.2 Å². The van der Waals surface area contributed by atoms with Gasteiger partial charge in [0, 0.05) is 32.2 Å². The van der Waals surface area contributed by atoms with Crippen LogP contribution in [0, 0.1) is 0 Å². The lowest BCUT2D eigenvalue weighted by Crippen LogP contribution is -2.49. The zero-order chi connectivity index (χ0) is 17.3. The molecule has 1 aromatic carbocycles. The standard InChI is InChI=1S/C18H25N3O3/c1-20-15-5-3-13(9-14(15)4-6-17(20)23)11-21-8-2-7-18(24,12-21)10-16(19)22/h3,5,9,24H,2,4,6-8,10-12H2,1H3,(H2,19,22). The molecule has 2 aliphatic heterocycles. The monoisotopic (exact) mass is 331 g/mol. The number of amides is 2. The Morgan fingerprint density at radius 2 is 2.17 bits per heavy atom. The molecule has 0 radical (unpaired) electrons. The first kappa shape index (κ1) is 16.9. The summed E-state index contributed by atoms with van der Waals surface area (Å²) in [5.74, 6) is -0.302. The summed E-state index contributed by atoms with van der Waals surface area (Å²) in [5, 5.41) is 10.6. The van der Waals surface area contributed by atoms with Gasteiger partial charge in [-0.05, 0) is 43.0 Å². The van der Waals surface area contributed by atoms with Gasteiger partial charge in [0.1, 0.15) is 0 Å². The number of anilines is 1. The highest BCUT2D eigenvalue weighted by Crippen LogP contribution is 2.29. The number of piperidine rings is 1. The molecule has 3 N–H and O–H groups in total. The van der Waals surface area contributed by atoms with Crippen LogP contribution in [0.15, 0.2) is 18.2 Å². The van der Waals surface area contributed by atoms with E-state index in [-0.39, 0.29) is 12.3 Å². The molecule has 1 atom stereocenters. The Morgan fingerprint density at radius 3 is 2.92 bits per heavy atom. The number of nitrogens with two attached hydrogens (primary N) is 1. The van der Waals surface area contributed by atoms with Crippen LogP contribution in [0.1, 0.15) is 36.8 Å². The van der Waals surface area contributed by atoms with Gasteiger partial charge in [-0.1, -0.05) is 12.1 Å². The summed E-state index contributed by atoms with van der Waals surface area (Å²) in [6.45, 7) is 2.09. The van der Waals surface area contributed by atoms with Crippen molar-refractivity contribution in [3.8, 4) is 0 Å². The molecule has 1 saturated heterocycles. The van der Waals surface area contributed by atoms with Crippen molar-refractivity contribution in [1.82, 2.24) is 4.90 Å². The summed E-state index contributed by atoms with van der Waals surface area (Å²) in [7, 11) is 1.81. The minimum atomic E-state index is -1.01. The molecular weight excluding hydrogens is 306 g/mol. The van der Waals surface area contributed by atoms with E-state index in [0.29, 0.717) is 19.4 Å². The normalized spacial score (nSPS) is 24.8. The summed E-state index contributed by atoms with van der Waals surface area (Å²) < 4.78 is 0. The lowest BCUT2D eigenvalue weighted by Gasteiger charge is -2.38. The van der Waals surface area contributed by atoms with Crippen molar-refractivity contribution in [3.05, 3.63) is 29.3 Å². The maximum atomic E-state index is 11.8. The molecule has 1 fully saturated rings. The van der Waals surface area contributed by atoms with Gasteiger partial charge in [0.05, 0.1) is 12.0 Å². The number of primary amides is 1. The van der Waals surface area contributed by atoms with Crippen molar-refractivity contribution in [1.29, 1.82) is 0 Å². The van der Waals surface area contributed by atoms with E-state index in [2.05, 4.69) is 11.0 Å². The second kappa shape index (κ2) is 6.53. The van der Waals surface area contributed by atoms with Gasteiger partial charge < -0.3 is 15.7 Å². The fourth-order valence-electron chi connectivity index (χ4n) is 3.88. The van der Waals surface area contributed by atoms with Crippen LogP contribution in [0.3, 0.4) is 0 Å². The first-order valence-electron chi connectivity index (χ1n) is 8.48. The van der Waals surface area contributed by atoms with E-state index in [1.54, 1.807) is 4.90 Å². The number of hydrogen-bond donors (Lipinski definition) is 2. The van der Waals surface area contributed by atoms with E-state index in [9.17, 15) is 14.7 Å². The van der Waals surface area contributed by atoms with Gasteiger partial charge in [-0.15, -0.1) is 0 Å². The molecule has 3 rings (SSSR count). The molecular formula is C18H25N3O3. The zero-order valence-corrected chi connectivity index (χ0v) is 14.1. The number of aryl methyl sites for hydroxylation is 1. The number of benzene rings is 1. The number of rotatable bonds is 4. The van der Waals surface area contributed by atoms with Crippen molar-refractivity contribution >= 4 is 17.5 Å². The molecule has 0 aliphatic carbocycles. The number of nitrogens with zero attached hydrogens (tertiary/aromatic N) is 2. The third kappa shape index (κ3) is 3.60. The van der Waals surface area contributed by atoms with Gasteiger partial charge >= 0.3 is 0 Å². The number of β-amino-alcohol motifs (C(OH)–C–C–N with tert-alkyl or cyclic N) is 1. The number of fused-ring (bicyclic) bond motifs is 1. The van der Waals surface area contributed by atoms with Gasteiger partial charge in [-0.2, -0.15) is 0 Å². The second-order valence-electron chi connectivity index (χ2n) is 7.10. The zero-order valence-electron chi connectivity index (χ0n) is 14.1. The average Bonchev–Trinajstić information content (AvgIpc) is 2.50.